The Bertz CT molecular complexity index is 1180. The molecule has 5 rings (SSSR count). The van der Waals surface area contributed by atoms with E-state index in [-0.39, 0.29) is 0 Å². The van der Waals surface area contributed by atoms with Crippen molar-refractivity contribution in [3.63, 3.8) is 0 Å². The van der Waals surface area contributed by atoms with Gasteiger partial charge in [-0.3, -0.25) is 0 Å². The molecule has 1 N–H and O–H groups in total. The van der Waals surface area contributed by atoms with Gasteiger partial charge in [-0.15, -0.1) is 0 Å². The molecule has 1 heterocycles. The van der Waals surface area contributed by atoms with Crippen LogP contribution in [0.15, 0.2) is 103 Å². The van der Waals surface area contributed by atoms with Gasteiger partial charge in [0.15, 0.2) is 17.7 Å². The van der Waals surface area contributed by atoms with Crippen LogP contribution in [0.5, 0.6) is 11.5 Å². The number of nitrogens with one attached hydrogen (secondary N) is 1. The van der Waals surface area contributed by atoms with Gasteiger partial charge in [0.25, 0.3) is 0 Å². The summed E-state index contributed by atoms with van der Waals surface area (Å²) in [5.74, 6) is 1.40. The van der Waals surface area contributed by atoms with Gasteiger partial charge in [0, 0.05) is 16.8 Å². The van der Waals surface area contributed by atoms with Gasteiger partial charge in [-0.1, -0.05) is 84.9 Å². The fraction of sp³-hybridized carbons (Fsp3) is 0.172. The summed E-state index contributed by atoms with van der Waals surface area (Å²) < 4.78 is 18.4. The van der Waals surface area contributed by atoms with E-state index in [0.717, 1.165) is 33.7 Å². The highest BCUT2D eigenvalue weighted by molar-refractivity contribution is 5.64. The Morgan fingerprint density at radius 3 is 2.06 bits per heavy atom. The Hall–Kier alpha value is -3.76. The first-order valence-corrected chi connectivity index (χ1v) is 11.2. The minimum Gasteiger partial charge on any atom is -0.493 e. The Labute approximate surface area is 194 Å². The number of benzene rings is 4. The van der Waals surface area contributed by atoms with Gasteiger partial charge >= 0.3 is 0 Å². The molecule has 0 radical (unpaired) electrons. The van der Waals surface area contributed by atoms with Crippen LogP contribution in [0.25, 0.3) is 0 Å². The zero-order valence-corrected chi connectivity index (χ0v) is 18.8. The zero-order valence-electron chi connectivity index (χ0n) is 18.8. The number of fused-ring (bicyclic) bond motifs is 1. The van der Waals surface area contributed by atoms with E-state index < -0.39 is 11.8 Å². The minimum atomic E-state index is -0.777. The molecular weight excluding hydrogens is 410 g/mol. The molecule has 0 spiro atoms. The van der Waals surface area contributed by atoms with Crippen LogP contribution in [0.1, 0.15) is 35.4 Å². The van der Waals surface area contributed by atoms with Crippen molar-refractivity contribution in [3.05, 3.63) is 125 Å². The zero-order chi connectivity index (χ0) is 22.7. The summed E-state index contributed by atoms with van der Waals surface area (Å²) in [5, 5.41) is 3.59. The number of anilines is 1. The highest BCUT2D eigenvalue weighted by Gasteiger charge is 2.45. The number of ether oxygens (including phenoxy) is 3. The van der Waals surface area contributed by atoms with Crippen molar-refractivity contribution < 1.29 is 14.2 Å². The van der Waals surface area contributed by atoms with Gasteiger partial charge in [0.2, 0.25) is 0 Å². The first-order chi connectivity index (χ1) is 16.3. The molecule has 0 aliphatic carbocycles. The van der Waals surface area contributed by atoms with Crippen LogP contribution >= 0.6 is 0 Å². The van der Waals surface area contributed by atoms with E-state index in [1.807, 2.05) is 43.3 Å². The summed E-state index contributed by atoms with van der Waals surface area (Å²) in [4.78, 5) is 0. The molecule has 1 aliphatic heterocycles. The van der Waals surface area contributed by atoms with Crippen LogP contribution in [-0.4, -0.2) is 13.7 Å². The van der Waals surface area contributed by atoms with E-state index in [0.29, 0.717) is 12.4 Å². The van der Waals surface area contributed by atoms with E-state index in [9.17, 15) is 0 Å². The molecule has 0 unspecified atom stereocenters. The smallest absolute Gasteiger partial charge is 0.161 e. The molecule has 0 saturated carbocycles. The lowest BCUT2D eigenvalue weighted by Gasteiger charge is -2.44. The molecule has 4 heteroatoms. The second-order valence-corrected chi connectivity index (χ2v) is 7.94. The van der Waals surface area contributed by atoms with Gasteiger partial charge in [-0.2, -0.15) is 0 Å². The average Bonchev–Trinajstić information content (AvgIpc) is 2.89. The second kappa shape index (κ2) is 9.00. The standard InChI is InChI=1S/C29H27NO3/c1-3-32-26-19-18-21(20-27(26)31-2)28-30-25-17-11-10-16-24(25)29(33-28,22-12-6-4-7-13-22)23-14-8-5-9-15-23/h4-20,28,30H,3H2,1-2H3/t28-/m1/s1. The highest BCUT2D eigenvalue weighted by atomic mass is 16.5. The van der Waals surface area contributed by atoms with Gasteiger partial charge in [-0.05, 0) is 36.2 Å². The van der Waals surface area contributed by atoms with Crippen molar-refractivity contribution in [2.45, 2.75) is 18.8 Å². The monoisotopic (exact) mass is 437 g/mol. The third-order valence-electron chi connectivity index (χ3n) is 6.04. The quantitative estimate of drug-likeness (QED) is 0.372. The number of para-hydroxylation sites is 1. The van der Waals surface area contributed by atoms with E-state index >= 15 is 0 Å². The molecule has 166 valence electrons. The summed E-state index contributed by atoms with van der Waals surface area (Å²) in [6, 6.07) is 35.1. The van der Waals surface area contributed by atoms with Crippen LogP contribution in [0.4, 0.5) is 5.69 Å². The molecule has 4 nitrogen and oxygen atoms in total. The third kappa shape index (κ3) is 3.73. The summed E-state index contributed by atoms with van der Waals surface area (Å²) in [6.45, 7) is 2.54. The minimum absolute atomic E-state index is 0.398. The number of rotatable bonds is 6. The molecule has 0 saturated heterocycles. The molecule has 33 heavy (non-hydrogen) atoms. The van der Waals surface area contributed by atoms with E-state index in [2.05, 4.69) is 72.0 Å². The molecule has 0 aromatic heterocycles. The topological polar surface area (TPSA) is 39.7 Å². The van der Waals surface area contributed by atoms with Crippen LogP contribution in [0.2, 0.25) is 0 Å². The Morgan fingerprint density at radius 1 is 0.788 bits per heavy atom. The van der Waals surface area contributed by atoms with Crippen LogP contribution in [-0.2, 0) is 10.3 Å². The summed E-state index contributed by atoms with van der Waals surface area (Å²) in [6.07, 6.45) is -0.398. The predicted octanol–water partition coefficient (Wildman–Crippen LogP) is 6.53. The normalized spacial score (nSPS) is 16.4. The highest BCUT2D eigenvalue weighted by Crippen LogP contribution is 2.50. The molecular formula is C29H27NO3. The molecule has 0 fully saturated rings. The van der Waals surface area contributed by atoms with Crippen LogP contribution < -0.4 is 14.8 Å². The number of hydrogen-bond acceptors (Lipinski definition) is 4. The fourth-order valence-electron chi connectivity index (χ4n) is 4.56. The van der Waals surface area contributed by atoms with Crippen LogP contribution in [0, 0.1) is 0 Å². The van der Waals surface area contributed by atoms with E-state index in [4.69, 9.17) is 14.2 Å². The predicted molar refractivity (Wildman–Crippen MR) is 131 cm³/mol. The van der Waals surface area contributed by atoms with Crippen molar-refractivity contribution in [2.24, 2.45) is 0 Å². The van der Waals surface area contributed by atoms with Gasteiger partial charge < -0.3 is 19.5 Å². The number of hydrogen-bond donors (Lipinski definition) is 1. The first kappa shape index (κ1) is 21.1. The van der Waals surface area contributed by atoms with Crippen molar-refractivity contribution in [3.8, 4) is 11.5 Å². The molecule has 0 amide bonds. The lowest BCUT2D eigenvalue weighted by molar-refractivity contribution is -0.0433. The lowest BCUT2D eigenvalue weighted by atomic mass is 9.78. The molecule has 4 aromatic rings. The second-order valence-electron chi connectivity index (χ2n) is 7.94. The van der Waals surface area contributed by atoms with Gasteiger partial charge in [0.05, 0.1) is 13.7 Å². The maximum absolute atomic E-state index is 7.05. The van der Waals surface area contributed by atoms with Gasteiger partial charge in [-0.25, -0.2) is 0 Å². The average molecular weight is 438 g/mol. The Balaban J connectivity index is 1.70. The van der Waals surface area contributed by atoms with Crippen molar-refractivity contribution in [1.29, 1.82) is 0 Å². The van der Waals surface area contributed by atoms with E-state index in [1.54, 1.807) is 7.11 Å². The maximum Gasteiger partial charge on any atom is 0.161 e. The van der Waals surface area contributed by atoms with E-state index in [1.165, 1.54) is 0 Å². The SMILES string of the molecule is CCOc1ccc([C@@H]2Nc3ccccc3C(c3ccccc3)(c3ccccc3)O2)cc1OC. The first-order valence-electron chi connectivity index (χ1n) is 11.2. The van der Waals surface area contributed by atoms with Crippen molar-refractivity contribution in [2.75, 3.05) is 19.0 Å². The molecule has 1 atom stereocenters. The molecule has 4 aromatic carbocycles. The molecule has 0 bridgehead atoms. The molecule has 1 aliphatic rings. The Morgan fingerprint density at radius 2 is 1.42 bits per heavy atom. The van der Waals surface area contributed by atoms with Crippen molar-refractivity contribution >= 4 is 5.69 Å². The fourth-order valence-corrected chi connectivity index (χ4v) is 4.56. The maximum atomic E-state index is 7.05. The largest absolute Gasteiger partial charge is 0.493 e. The Kier molecular flexibility index (Phi) is 5.76. The van der Waals surface area contributed by atoms with Gasteiger partial charge in [0.1, 0.15) is 5.60 Å². The van der Waals surface area contributed by atoms with Crippen LogP contribution in [0.3, 0.4) is 0 Å². The summed E-state index contributed by atoms with van der Waals surface area (Å²) >= 11 is 0. The summed E-state index contributed by atoms with van der Waals surface area (Å²) in [7, 11) is 1.66. The third-order valence-corrected chi connectivity index (χ3v) is 6.04. The number of methoxy groups -OCH3 is 1. The lowest BCUT2D eigenvalue weighted by Crippen LogP contribution is -2.40. The summed E-state index contributed by atoms with van der Waals surface area (Å²) in [5.41, 5.74) is 4.45. The van der Waals surface area contributed by atoms with Crippen molar-refractivity contribution in [1.82, 2.24) is 0 Å².